The van der Waals surface area contributed by atoms with Crippen LogP contribution in [0.3, 0.4) is 0 Å². The van der Waals surface area contributed by atoms with Crippen LogP contribution in [0.4, 0.5) is 11.4 Å². The third-order valence-corrected chi connectivity index (χ3v) is 3.94. The summed E-state index contributed by atoms with van der Waals surface area (Å²) in [6.07, 6.45) is 1.00. The Morgan fingerprint density at radius 3 is 2.32 bits per heavy atom. The maximum Gasteiger partial charge on any atom is 0.294 e. The molecule has 6 heteroatoms. The minimum Gasteiger partial charge on any atom is -0.292 e. The van der Waals surface area contributed by atoms with Crippen LogP contribution in [-0.4, -0.2) is 10.8 Å². The molecule has 0 saturated heterocycles. The Hall–Kier alpha value is -2.89. The van der Waals surface area contributed by atoms with Crippen molar-refractivity contribution >= 4 is 17.3 Å². The molecule has 1 atom stereocenters. The molecule has 0 aromatic heterocycles. The molecular weight excluding hydrogens is 318 g/mol. The Bertz CT molecular complexity index is 742. The molecule has 132 valence electrons. The molecule has 0 aliphatic heterocycles. The number of anilines is 1. The first-order chi connectivity index (χ1) is 11.9. The van der Waals surface area contributed by atoms with Gasteiger partial charge in [0.15, 0.2) is 0 Å². The highest BCUT2D eigenvalue weighted by Gasteiger charge is 2.17. The van der Waals surface area contributed by atoms with Crippen LogP contribution in [0.25, 0.3) is 0 Å². The molecule has 0 aliphatic rings. The molecule has 25 heavy (non-hydrogen) atoms. The molecule has 2 aromatic carbocycles. The average molecular weight is 341 g/mol. The lowest BCUT2D eigenvalue weighted by molar-refractivity contribution is -0.384. The van der Waals surface area contributed by atoms with Crippen molar-refractivity contribution in [2.45, 2.75) is 33.1 Å². The summed E-state index contributed by atoms with van der Waals surface area (Å²) < 4.78 is 0. The summed E-state index contributed by atoms with van der Waals surface area (Å²) in [6.45, 7) is 6.13. The van der Waals surface area contributed by atoms with Gasteiger partial charge in [-0.1, -0.05) is 50.2 Å². The standard InChI is InChI=1S/C19H23N3O3/c1-13(2)12-15-8-10-16(11-9-15)14(3)19(23)21-20-17-6-4-5-7-18(17)22(24)25/h4-11,13-14,20H,12H2,1-3H3,(H,21,23). The van der Waals surface area contributed by atoms with Gasteiger partial charge in [-0.25, -0.2) is 0 Å². The zero-order chi connectivity index (χ0) is 18.4. The van der Waals surface area contributed by atoms with E-state index in [0.717, 1.165) is 12.0 Å². The van der Waals surface area contributed by atoms with Gasteiger partial charge in [-0.3, -0.25) is 25.8 Å². The van der Waals surface area contributed by atoms with E-state index < -0.39 is 4.92 Å². The largest absolute Gasteiger partial charge is 0.294 e. The van der Waals surface area contributed by atoms with Crippen LogP contribution in [-0.2, 0) is 11.2 Å². The molecule has 2 aromatic rings. The maximum absolute atomic E-state index is 12.3. The minimum atomic E-state index is -0.495. The van der Waals surface area contributed by atoms with Gasteiger partial charge in [0.25, 0.3) is 5.69 Å². The molecular formula is C19H23N3O3. The van der Waals surface area contributed by atoms with Gasteiger partial charge in [0, 0.05) is 6.07 Å². The van der Waals surface area contributed by atoms with E-state index in [1.54, 1.807) is 25.1 Å². The fourth-order valence-electron chi connectivity index (χ4n) is 2.54. The van der Waals surface area contributed by atoms with Crippen LogP contribution >= 0.6 is 0 Å². The summed E-state index contributed by atoms with van der Waals surface area (Å²) >= 11 is 0. The van der Waals surface area contributed by atoms with Crippen molar-refractivity contribution in [3.05, 3.63) is 69.8 Å². The van der Waals surface area contributed by atoms with Crippen LogP contribution in [0, 0.1) is 16.0 Å². The summed E-state index contributed by atoms with van der Waals surface area (Å²) in [6, 6.07) is 14.1. The van der Waals surface area contributed by atoms with Crippen molar-refractivity contribution in [1.29, 1.82) is 0 Å². The molecule has 0 bridgehead atoms. The van der Waals surface area contributed by atoms with Gasteiger partial charge in [-0.05, 0) is 36.5 Å². The summed E-state index contributed by atoms with van der Waals surface area (Å²) in [7, 11) is 0. The number of para-hydroxylation sites is 2. The van der Waals surface area contributed by atoms with E-state index in [-0.39, 0.29) is 23.2 Å². The van der Waals surface area contributed by atoms with E-state index >= 15 is 0 Å². The van der Waals surface area contributed by atoms with Crippen molar-refractivity contribution in [3.63, 3.8) is 0 Å². The van der Waals surface area contributed by atoms with E-state index in [1.165, 1.54) is 11.6 Å². The number of nitro groups is 1. The van der Waals surface area contributed by atoms with E-state index in [4.69, 9.17) is 0 Å². The summed E-state index contributed by atoms with van der Waals surface area (Å²) in [5.74, 6) is -0.0458. The molecule has 1 amide bonds. The van der Waals surface area contributed by atoms with Gasteiger partial charge >= 0.3 is 0 Å². The number of hydrazine groups is 1. The molecule has 2 N–H and O–H groups in total. The fraction of sp³-hybridized carbons (Fsp3) is 0.316. The van der Waals surface area contributed by atoms with Gasteiger partial charge in [0.1, 0.15) is 5.69 Å². The molecule has 0 spiro atoms. The van der Waals surface area contributed by atoms with Crippen molar-refractivity contribution in [1.82, 2.24) is 5.43 Å². The van der Waals surface area contributed by atoms with E-state index in [1.807, 2.05) is 24.3 Å². The number of carbonyl (C=O) groups is 1. The lowest BCUT2D eigenvalue weighted by Crippen LogP contribution is -2.33. The van der Waals surface area contributed by atoms with Crippen molar-refractivity contribution in [2.24, 2.45) is 5.92 Å². The monoisotopic (exact) mass is 341 g/mol. The SMILES string of the molecule is CC(C)Cc1ccc(C(C)C(=O)NNc2ccccc2[N+](=O)[O-])cc1. The number of hydrogen-bond donors (Lipinski definition) is 2. The quantitative estimate of drug-likeness (QED) is 0.588. The highest BCUT2D eigenvalue weighted by molar-refractivity contribution is 5.84. The first-order valence-electron chi connectivity index (χ1n) is 8.26. The van der Waals surface area contributed by atoms with Gasteiger partial charge in [-0.2, -0.15) is 0 Å². The third kappa shape index (κ3) is 5.04. The third-order valence-electron chi connectivity index (χ3n) is 3.94. The highest BCUT2D eigenvalue weighted by Crippen LogP contribution is 2.23. The zero-order valence-electron chi connectivity index (χ0n) is 14.7. The maximum atomic E-state index is 12.3. The van der Waals surface area contributed by atoms with Crippen LogP contribution in [0.15, 0.2) is 48.5 Å². The Morgan fingerprint density at radius 1 is 1.08 bits per heavy atom. The summed E-state index contributed by atoms with van der Waals surface area (Å²) in [5, 5.41) is 11.0. The number of benzene rings is 2. The number of nitrogens with one attached hydrogen (secondary N) is 2. The normalized spacial score (nSPS) is 11.8. The van der Waals surface area contributed by atoms with Crippen molar-refractivity contribution in [2.75, 3.05) is 5.43 Å². The topological polar surface area (TPSA) is 84.3 Å². The Balaban J connectivity index is 2.00. The highest BCUT2D eigenvalue weighted by atomic mass is 16.6. The van der Waals surface area contributed by atoms with Crippen molar-refractivity contribution in [3.8, 4) is 0 Å². The second kappa shape index (κ2) is 8.28. The van der Waals surface area contributed by atoms with Gasteiger partial charge < -0.3 is 0 Å². The van der Waals surface area contributed by atoms with Crippen molar-refractivity contribution < 1.29 is 9.72 Å². The van der Waals surface area contributed by atoms with Gasteiger partial charge in [0.2, 0.25) is 5.91 Å². The predicted octanol–water partition coefficient (Wildman–Crippen LogP) is 4.04. The Labute approximate surface area is 147 Å². The van der Waals surface area contributed by atoms with Gasteiger partial charge in [-0.15, -0.1) is 0 Å². The zero-order valence-corrected chi connectivity index (χ0v) is 14.7. The van der Waals surface area contributed by atoms with Gasteiger partial charge in [0.05, 0.1) is 10.8 Å². The summed E-state index contributed by atoms with van der Waals surface area (Å²) in [4.78, 5) is 22.8. The van der Waals surface area contributed by atoms with E-state index in [2.05, 4.69) is 24.7 Å². The molecule has 6 nitrogen and oxygen atoms in total. The van der Waals surface area contributed by atoms with Crippen LogP contribution in [0.5, 0.6) is 0 Å². The molecule has 0 heterocycles. The first-order valence-corrected chi connectivity index (χ1v) is 8.26. The lowest BCUT2D eigenvalue weighted by atomic mass is 9.96. The molecule has 0 fully saturated rings. The van der Waals surface area contributed by atoms with Crippen LogP contribution < -0.4 is 10.9 Å². The van der Waals surface area contributed by atoms with E-state index in [9.17, 15) is 14.9 Å². The minimum absolute atomic E-state index is 0.0894. The summed E-state index contributed by atoms with van der Waals surface area (Å²) in [5.41, 5.74) is 7.49. The Kier molecular flexibility index (Phi) is 6.11. The number of rotatable bonds is 7. The number of nitro benzene ring substituents is 1. The second-order valence-electron chi connectivity index (χ2n) is 6.45. The number of amides is 1. The molecule has 0 radical (unpaired) electrons. The van der Waals surface area contributed by atoms with Crippen LogP contribution in [0.2, 0.25) is 0 Å². The lowest BCUT2D eigenvalue weighted by Gasteiger charge is -2.15. The predicted molar refractivity (Wildman–Crippen MR) is 98.3 cm³/mol. The average Bonchev–Trinajstić information content (AvgIpc) is 2.59. The molecule has 1 unspecified atom stereocenters. The fourth-order valence-corrected chi connectivity index (χ4v) is 2.54. The number of hydrogen-bond acceptors (Lipinski definition) is 4. The smallest absolute Gasteiger partial charge is 0.292 e. The molecule has 0 aliphatic carbocycles. The van der Waals surface area contributed by atoms with E-state index in [0.29, 0.717) is 5.92 Å². The Morgan fingerprint density at radius 2 is 1.72 bits per heavy atom. The molecule has 0 saturated carbocycles. The molecule has 2 rings (SSSR count). The second-order valence-corrected chi connectivity index (χ2v) is 6.45. The number of carbonyl (C=O) groups excluding carboxylic acids is 1. The first kappa shape index (κ1) is 18.4. The number of nitrogens with zero attached hydrogens (tertiary/aromatic N) is 1. The van der Waals surface area contributed by atoms with Crippen LogP contribution in [0.1, 0.15) is 37.8 Å².